The zero-order valence-corrected chi connectivity index (χ0v) is 24.6. The van der Waals surface area contributed by atoms with E-state index in [-0.39, 0.29) is 10.8 Å². The van der Waals surface area contributed by atoms with Gasteiger partial charge in [0.05, 0.1) is 12.0 Å². The lowest BCUT2D eigenvalue weighted by Gasteiger charge is -2.37. The van der Waals surface area contributed by atoms with Gasteiger partial charge in [-0.1, -0.05) is 115 Å². The number of rotatable bonds is 7. The number of nitrogens with zero attached hydrogens (tertiary/aromatic N) is 3. The molecule has 0 bridgehead atoms. The van der Waals surface area contributed by atoms with E-state index >= 15 is 0 Å². The van der Waals surface area contributed by atoms with Crippen molar-refractivity contribution in [2.75, 3.05) is 0 Å². The first kappa shape index (κ1) is 27.4. The number of hydrogen-bond donors (Lipinski definition) is 1. The van der Waals surface area contributed by atoms with Crippen molar-refractivity contribution in [3.63, 3.8) is 0 Å². The normalized spacial score (nSPS) is 14.0. The summed E-state index contributed by atoms with van der Waals surface area (Å²) in [4.78, 5) is 35.1. The Morgan fingerprint density at radius 1 is 0.795 bits per heavy atom. The van der Waals surface area contributed by atoms with Crippen LogP contribution >= 0.6 is 11.3 Å². The summed E-state index contributed by atoms with van der Waals surface area (Å²) in [7, 11) is 0. The number of fused-ring (bicyclic) bond motifs is 1. The Bertz CT molecular complexity index is 1910. The van der Waals surface area contributed by atoms with Gasteiger partial charge in [0.2, 0.25) is 5.78 Å². The van der Waals surface area contributed by atoms with E-state index in [2.05, 4.69) is 88.5 Å². The molecule has 2 aromatic heterocycles. The van der Waals surface area contributed by atoms with Crippen molar-refractivity contribution < 1.29 is 9.59 Å². The molecule has 1 aliphatic carbocycles. The summed E-state index contributed by atoms with van der Waals surface area (Å²) in [5.74, 6) is -0.771. The van der Waals surface area contributed by atoms with E-state index in [1.165, 1.54) is 11.3 Å². The Balaban J connectivity index is 1.36. The predicted molar refractivity (Wildman–Crippen MR) is 174 cm³/mol. The van der Waals surface area contributed by atoms with E-state index in [4.69, 9.17) is 10.7 Å². The molecular formula is C37H28N4O2S. The number of imidazole rings is 1. The molecule has 0 radical (unpaired) electrons. The molecule has 4 aromatic carbocycles. The number of carbonyl (C=O) groups is 2. The highest BCUT2D eigenvalue weighted by molar-refractivity contribution is 7.14. The van der Waals surface area contributed by atoms with Crippen LogP contribution < -0.4 is 5.73 Å². The second kappa shape index (κ2) is 11.4. The van der Waals surface area contributed by atoms with Crippen LogP contribution in [0.4, 0.5) is 0 Å². The maximum absolute atomic E-state index is 13.4. The highest BCUT2D eigenvalue weighted by Crippen LogP contribution is 2.42. The first-order valence-electron chi connectivity index (χ1n) is 14.4. The number of thiazole rings is 1. The maximum Gasteiger partial charge on any atom is 0.277 e. The van der Waals surface area contributed by atoms with Gasteiger partial charge in [0, 0.05) is 22.2 Å². The lowest BCUT2D eigenvalue weighted by molar-refractivity contribution is 0.1000. The van der Waals surface area contributed by atoms with Crippen LogP contribution in [0, 0.1) is 0 Å². The molecule has 1 aliphatic rings. The molecule has 0 aliphatic heterocycles. The molecule has 7 heteroatoms. The average molecular weight is 593 g/mol. The van der Waals surface area contributed by atoms with E-state index < -0.39 is 11.4 Å². The lowest BCUT2D eigenvalue weighted by atomic mass is 9.77. The number of aryl methyl sites for hydroxylation is 1. The second-order valence-corrected chi connectivity index (χ2v) is 11.8. The molecule has 0 fully saturated rings. The summed E-state index contributed by atoms with van der Waals surface area (Å²) >= 11 is 1.21. The van der Waals surface area contributed by atoms with Gasteiger partial charge in [0.1, 0.15) is 11.2 Å². The molecule has 0 saturated heterocycles. The standard InChI is InChI=1S/C37H28N4O2S/c38-35(43)36-40-33-32(44-36)21-20-26(34(33)42)22-25-12-10-11-19-30(25)31-23-41(24-39-31)37(27-13-4-1-5-14-27,28-15-6-2-7-16-28)29-17-8-3-9-18-29/h1-19,22-24H,20-21H2,(H2,38,43). The number of Topliss-reactive ketones (excluding diaryl/α,β-unsaturated/α-hetero) is 1. The van der Waals surface area contributed by atoms with E-state index in [1.54, 1.807) is 0 Å². The number of amides is 1. The number of aromatic nitrogens is 3. The molecule has 214 valence electrons. The number of carbonyl (C=O) groups excluding carboxylic acids is 2. The van der Waals surface area contributed by atoms with Gasteiger partial charge in [-0.25, -0.2) is 9.97 Å². The van der Waals surface area contributed by atoms with Gasteiger partial charge in [-0.05, 0) is 41.2 Å². The highest BCUT2D eigenvalue weighted by Gasteiger charge is 2.38. The molecule has 44 heavy (non-hydrogen) atoms. The third kappa shape index (κ3) is 4.68. The minimum absolute atomic E-state index is 0.161. The Morgan fingerprint density at radius 2 is 1.36 bits per heavy atom. The van der Waals surface area contributed by atoms with Gasteiger partial charge in [-0.3, -0.25) is 9.59 Å². The SMILES string of the molecule is NC(=O)c1nc2c(s1)CCC(=Cc1ccccc1-c1cn(C(c3ccccc3)(c3ccccc3)c3ccccc3)cn1)C2=O. The van der Waals surface area contributed by atoms with Crippen molar-refractivity contribution in [1.29, 1.82) is 0 Å². The summed E-state index contributed by atoms with van der Waals surface area (Å²) in [6.45, 7) is 0. The fourth-order valence-corrected chi connectivity index (χ4v) is 7.04. The van der Waals surface area contributed by atoms with E-state index in [9.17, 15) is 9.59 Å². The molecule has 2 heterocycles. The summed E-state index contributed by atoms with van der Waals surface area (Å²) in [5.41, 5.74) is 11.7. The van der Waals surface area contributed by atoms with Crippen molar-refractivity contribution in [3.8, 4) is 11.3 Å². The third-order valence-electron chi connectivity index (χ3n) is 8.15. The van der Waals surface area contributed by atoms with E-state index in [0.717, 1.165) is 38.4 Å². The number of hydrogen-bond acceptors (Lipinski definition) is 5. The van der Waals surface area contributed by atoms with Gasteiger partial charge in [-0.2, -0.15) is 0 Å². The fourth-order valence-electron chi connectivity index (χ4n) is 6.13. The largest absolute Gasteiger partial charge is 0.364 e. The Morgan fingerprint density at radius 3 is 1.95 bits per heavy atom. The van der Waals surface area contributed by atoms with Crippen LogP contribution in [0.5, 0.6) is 0 Å². The number of allylic oxidation sites excluding steroid dienone is 1. The van der Waals surface area contributed by atoms with Gasteiger partial charge in [0.25, 0.3) is 5.91 Å². The molecule has 6 aromatic rings. The molecule has 0 unspecified atom stereocenters. The predicted octanol–water partition coefficient (Wildman–Crippen LogP) is 7.16. The van der Waals surface area contributed by atoms with Gasteiger partial charge in [-0.15, -0.1) is 11.3 Å². The summed E-state index contributed by atoms with van der Waals surface area (Å²) in [5, 5.41) is 0.175. The van der Waals surface area contributed by atoms with E-state index in [1.807, 2.05) is 54.9 Å². The number of benzene rings is 4. The van der Waals surface area contributed by atoms with Crippen molar-refractivity contribution in [3.05, 3.63) is 171 Å². The minimum atomic E-state index is -0.680. The molecular weight excluding hydrogens is 565 g/mol. The Hall–Kier alpha value is -5.40. The molecule has 0 atom stereocenters. The van der Waals surface area contributed by atoms with Crippen LogP contribution in [0.25, 0.3) is 17.3 Å². The quantitative estimate of drug-likeness (QED) is 0.157. The fraction of sp³-hybridized carbons (Fsp3) is 0.0811. The lowest BCUT2D eigenvalue weighted by Crippen LogP contribution is -2.36. The van der Waals surface area contributed by atoms with Crippen molar-refractivity contribution in [2.45, 2.75) is 18.4 Å². The van der Waals surface area contributed by atoms with Gasteiger partial charge >= 0.3 is 0 Å². The average Bonchev–Trinajstić information content (AvgIpc) is 3.74. The first-order chi connectivity index (χ1) is 21.6. The smallest absolute Gasteiger partial charge is 0.277 e. The zero-order chi connectivity index (χ0) is 30.1. The Kier molecular flexibility index (Phi) is 7.08. The molecule has 6 nitrogen and oxygen atoms in total. The van der Waals surface area contributed by atoms with Crippen LogP contribution in [-0.4, -0.2) is 26.2 Å². The van der Waals surface area contributed by atoms with Gasteiger partial charge in [0.15, 0.2) is 5.01 Å². The summed E-state index contributed by atoms with van der Waals surface area (Å²) in [6, 6.07) is 39.4. The van der Waals surface area contributed by atoms with E-state index in [0.29, 0.717) is 24.1 Å². The topological polar surface area (TPSA) is 90.9 Å². The third-order valence-corrected chi connectivity index (χ3v) is 9.28. The van der Waals surface area contributed by atoms with Crippen LogP contribution in [0.3, 0.4) is 0 Å². The summed E-state index contributed by atoms with van der Waals surface area (Å²) in [6.07, 6.45) is 7.12. The van der Waals surface area contributed by atoms with Gasteiger partial charge < -0.3 is 10.3 Å². The van der Waals surface area contributed by atoms with Crippen LogP contribution in [0.1, 0.15) is 53.8 Å². The minimum Gasteiger partial charge on any atom is -0.364 e. The monoisotopic (exact) mass is 592 g/mol. The number of primary amides is 1. The summed E-state index contributed by atoms with van der Waals surface area (Å²) < 4.78 is 2.19. The molecule has 1 amide bonds. The highest BCUT2D eigenvalue weighted by atomic mass is 32.1. The number of nitrogens with two attached hydrogens (primary N) is 1. The van der Waals surface area contributed by atoms with Crippen molar-refractivity contribution in [2.24, 2.45) is 5.73 Å². The zero-order valence-electron chi connectivity index (χ0n) is 23.8. The van der Waals surface area contributed by atoms with Crippen LogP contribution in [0.15, 0.2) is 133 Å². The first-order valence-corrected chi connectivity index (χ1v) is 15.2. The number of ketones is 1. The van der Waals surface area contributed by atoms with Crippen molar-refractivity contribution >= 4 is 29.1 Å². The van der Waals surface area contributed by atoms with Crippen molar-refractivity contribution in [1.82, 2.24) is 14.5 Å². The maximum atomic E-state index is 13.4. The second-order valence-electron chi connectivity index (χ2n) is 10.7. The molecule has 7 rings (SSSR count). The van der Waals surface area contributed by atoms with Crippen LogP contribution in [-0.2, 0) is 12.0 Å². The molecule has 2 N–H and O–H groups in total. The van der Waals surface area contributed by atoms with Crippen LogP contribution in [0.2, 0.25) is 0 Å². The molecule has 0 spiro atoms. The Labute approximate surface area is 259 Å². The molecule has 0 saturated carbocycles.